The Morgan fingerprint density at radius 1 is 0.923 bits per heavy atom. The van der Waals surface area contributed by atoms with Crippen molar-refractivity contribution in [3.8, 4) is 0 Å². The molecule has 0 N–H and O–H groups in total. The molecular weight excluding hydrogens is 213 g/mol. The second kappa shape index (κ2) is 7.00. The lowest BCUT2D eigenvalue weighted by molar-refractivity contribution is 0.774. The van der Waals surface area contributed by atoms with E-state index in [1.54, 1.807) is 26.3 Å². The molecule has 0 unspecified atom stereocenters. The van der Waals surface area contributed by atoms with E-state index in [-0.39, 0.29) is 0 Å². The second-order valence-electron chi connectivity index (χ2n) is 3.42. The first-order valence-electron chi connectivity index (χ1n) is 5.27. The molecule has 74 valence electrons. The zero-order valence-electron chi connectivity index (χ0n) is 8.64. The molecule has 13 heavy (non-hydrogen) atoms. The zero-order chi connectivity index (χ0) is 9.52. The Bertz CT molecular complexity index is 207. The molecular formula is C10H19P3. The van der Waals surface area contributed by atoms with Crippen LogP contribution in [0.5, 0.6) is 0 Å². The Hall–Kier alpha value is 0.640. The van der Waals surface area contributed by atoms with E-state index in [0.29, 0.717) is 0 Å². The molecule has 0 nitrogen and oxygen atoms in total. The van der Waals surface area contributed by atoms with Crippen LogP contribution < -0.4 is 0 Å². The summed E-state index contributed by atoms with van der Waals surface area (Å²) < 4.78 is 0. The van der Waals surface area contributed by atoms with Gasteiger partial charge in [-0.15, -0.1) is 0 Å². The normalized spacial score (nSPS) is 12.5. The lowest BCUT2D eigenvalue weighted by Gasteiger charge is -2.00. The van der Waals surface area contributed by atoms with Crippen LogP contribution in [0.25, 0.3) is 0 Å². The van der Waals surface area contributed by atoms with E-state index in [2.05, 4.69) is 13.8 Å². The number of unbranched alkanes of at least 4 members (excludes halogenated alkanes) is 2. The molecule has 0 saturated carbocycles. The summed E-state index contributed by atoms with van der Waals surface area (Å²) in [4.78, 5) is 0. The first-order valence-corrected chi connectivity index (χ1v) is 9.74. The van der Waals surface area contributed by atoms with Crippen LogP contribution in [-0.2, 0) is 12.8 Å². The van der Waals surface area contributed by atoms with E-state index in [4.69, 9.17) is 0 Å². The molecule has 0 spiro atoms. The highest BCUT2D eigenvalue weighted by Gasteiger charge is 2.02. The van der Waals surface area contributed by atoms with Gasteiger partial charge >= 0.3 is 0 Å². The van der Waals surface area contributed by atoms with Crippen molar-refractivity contribution in [1.82, 2.24) is 0 Å². The molecule has 0 amide bonds. The molecule has 0 aliphatic carbocycles. The summed E-state index contributed by atoms with van der Waals surface area (Å²) in [5.41, 5.74) is 0. The molecule has 0 aromatic carbocycles. The van der Waals surface area contributed by atoms with Crippen LogP contribution in [0.4, 0.5) is 0 Å². The van der Waals surface area contributed by atoms with Gasteiger partial charge in [-0.05, 0) is 52.0 Å². The van der Waals surface area contributed by atoms with Gasteiger partial charge in [-0.1, -0.05) is 34.2 Å². The van der Waals surface area contributed by atoms with Gasteiger partial charge in [-0.25, -0.2) is 0 Å². The van der Waals surface area contributed by atoms with Gasteiger partial charge in [-0.2, -0.15) is 0 Å². The van der Waals surface area contributed by atoms with E-state index in [1.807, 2.05) is 0 Å². The predicted molar refractivity (Wildman–Crippen MR) is 68.2 cm³/mol. The molecule has 0 fully saturated rings. The minimum absolute atomic E-state index is 1.16. The zero-order valence-corrected chi connectivity index (χ0v) is 11.4. The fraction of sp³-hybridized carbons (Fsp3) is 0.800. The van der Waals surface area contributed by atoms with Crippen LogP contribution in [0.3, 0.4) is 0 Å². The standard InChI is InChI=1S/C10H19P3/c1-3-5-7-9-10(8-6-4-2)12-13-11-9/h13H,3-8H2,1-2H3. The van der Waals surface area contributed by atoms with Crippen molar-refractivity contribution in [3.05, 3.63) is 10.6 Å². The Morgan fingerprint density at radius 2 is 1.38 bits per heavy atom. The lowest BCUT2D eigenvalue weighted by Crippen LogP contribution is -1.86. The predicted octanol–water partition coefficient (Wildman–Crippen LogP) is 5.56. The highest BCUT2D eigenvalue weighted by atomic mass is 32.1. The van der Waals surface area contributed by atoms with Crippen LogP contribution in [-0.4, -0.2) is 0 Å². The Balaban J connectivity index is 2.45. The largest absolute Gasteiger partial charge is 0.0813 e. The summed E-state index contributed by atoms with van der Waals surface area (Å²) in [7, 11) is 4.49. The smallest absolute Gasteiger partial charge is 0.00855 e. The van der Waals surface area contributed by atoms with Gasteiger partial charge in [0.15, 0.2) is 0 Å². The third-order valence-electron chi connectivity index (χ3n) is 2.24. The van der Waals surface area contributed by atoms with Crippen LogP contribution in [0, 0.1) is 0 Å². The molecule has 1 aromatic rings. The molecule has 1 heterocycles. The Kier molecular flexibility index (Phi) is 6.31. The van der Waals surface area contributed by atoms with Crippen LogP contribution in [0.1, 0.15) is 50.1 Å². The summed E-state index contributed by atoms with van der Waals surface area (Å²) in [5, 5.41) is 3.60. The highest BCUT2D eigenvalue weighted by molar-refractivity contribution is 8.17. The van der Waals surface area contributed by atoms with Crippen molar-refractivity contribution in [2.24, 2.45) is 0 Å². The molecule has 0 saturated heterocycles. The summed E-state index contributed by atoms with van der Waals surface area (Å²) >= 11 is 0. The highest BCUT2D eigenvalue weighted by Crippen LogP contribution is 2.43. The fourth-order valence-electron chi connectivity index (χ4n) is 1.36. The SMILES string of the molecule is CCCCc1p[pH]pc1CCCC. The monoisotopic (exact) mass is 232 g/mol. The molecule has 0 radical (unpaired) electrons. The lowest BCUT2D eigenvalue weighted by atomic mass is 10.1. The molecule has 0 atom stereocenters. The van der Waals surface area contributed by atoms with Gasteiger partial charge in [0.05, 0.1) is 0 Å². The van der Waals surface area contributed by atoms with Gasteiger partial charge < -0.3 is 0 Å². The summed E-state index contributed by atoms with van der Waals surface area (Å²) in [6, 6.07) is 0. The van der Waals surface area contributed by atoms with Gasteiger partial charge in [0.1, 0.15) is 0 Å². The average Bonchev–Trinajstić information content (AvgIpc) is 2.59. The molecule has 3 heteroatoms. The van der Waals surface area contributed by atoms with Gasteiger partial charge in [0, 0.05) is 0 Å². The first kappa shape index (κ1) is 11.7. The van der Waals surface area contributed by atoms with Crippen LogP contribution in [0.2, 0.25) is 0 Å². The van der Waals surface area contributed by atoms with Crippen LogP contribution >= 0.6 is 23.3 Å². The van der Waals surface area contributed by atoms with E-state index in [9.17, 15) is 0 Å². The fourth-order valence-corrected chi connectivity index (χ4v) is 8.52. The third kappa shape index (κ3) is 4.12. The van der Waals surface area contributed by atoms with Crippen LogP contribution in [0.15, 0.2) is 0 Å². The van der Waals surface area contributed by atoms with Crippen molar-refractivity contribution >= 4 is 23.3 Å². The summed E-state index contributed by atoms with van der Waals surface area (Å²) in [6.45, 7) is 4.58. The third-order valence-corrected chi connectivity index (χ3v) is 8.16. The topological polar surface area (TPSA) is 0 Å². The van der Waals surface area contributed by atoms with Gasteiger partial charge in [-0.3, -0.25) is 0 Å². The number of hydrogen-bond acceptors (Lipinski definition) is 0. The van der Waals surface area contributed by atoms with Crippen molar-refractivity contribution in [2.75, 3.05) is 0 Å². The number of rotatable bonds is 6. The van der Waals surface area contributed by atoms with E-state index < -0.39 is 0 Å². The van der Waals surface area contributed by atoms with E-state index >= 15 is 0 Å². The molecule has 0 aliphatic heterocycles. The quantitative estimate of drug-likeness (QED) is 0.602. The average molecular weight is 232 g/mol. The molecule has 1 aromatic heterocycles. The molecule has 0 aliphatic rings. The summed E-state index contributed by atoms with van der Waals surface area (Å²) in [5.74, 6) is 0. The minimum Gasteiger partial charge on any atom is -0.0813 e. The maximum absolute atomic E-state index is 2.29. The van der Waals surface area contributed by atoms with Crippen molar-refractivity contribution in [1.29, 1.82) is 0 Å². The second-order valence-corrected chi connectivity index (χ2v) is 8.89. The molecule has 1 rings (SSSR count). The maximum atomic E-state index is 2.29. The first-order chi connectivity index (χ1) is 6.38. The van der Waals surface area contributed by atoms with Crippen molar-refractivity contribution in [2.45, 2.75) is 52.4 Å². The van der Waals surface area contributed by atoms with Gasteiger partial charge in [0.25, 0.3) is 0 Å². The van der Waals surface area contributed by atoms with Crippen molar-refractivity contribution in [3.63, 3.8) is 0 Å². The van der Waals surface area contributed by atoms with Crippen molar-refractivity contribution < 1.29 is 0 Å². The maximum Gasteiger partial charge on any atom is -0.00855 e. The van der Waals surface area contributed by atoms with E-state index in [0.717, 1.165) is 7.55 Å². The van der Waals surface area contributed by atoms with Gasteiger partial charge in [0.2, 0.25) is 0 Å². The minimum atomic E-state index is 1.16. The Labute approximate surface area is 86.6 Å². The number of aryl methyl sites for hydroxylation is 2. The number of hydrogen-bond donors (Lipinski definition) is 0. The summed E-state index contributed by atoms with van der Waals surface area (Å²) in [6.07, 6.45) is 8.27. The Morgan fingerprint density at radius 3 is 1.77 bits per heavy atom. The van der Waals surface area contributed by atoms with E-state index in [1.165, 1.54) is 38.5 Å². The molecule has 0 bridgehead atoms.